The lowest BCUT2D eigenvalue weighted by Crippen LogP contribution is -2.45. The van der Waals surface area contributed by atoms with Gasteiger partial charge in [0.05, 0.1) is 0 Å². The lowest BCUT2D eigenvalue weighted by Gasteiger charge is -2.39. The zero-order chi connectivity index (χ0) is 11.6. The van der Waals surface area contributed by atoms with Crippen LogP contribution < -0.4 is 5.32 Å². The van der Waals surface area contributed by atoms with Crippen molar-refractivity contribution in [3.63, 3.8) is 0 Å². The second kappa shape index (κ2) is 5.05. The molecule has 0 amide bonds. The van der Waals surface area contributed by atoms with Crippen LogP contribution in [0.25, 0.3) is 0 Å². The second-order valence-electron chi connectivity index (χ2n) is 6.39. The van der Waals surface area contributed by atoms with Gasteiger partial charge in [-0.25, -0.2) is 0 Å². The number of piperidine rings is 1. The molecule has 2 rings (SSSR count). The fraction of sp³-hybridized carbons (Fsp3) is 1.00. The summed E-state index contributed by atoms with van der Waals surface area (Å²) < 4.78 is 0. The molecule has 2 heterocycles. The number of rotatable bonds is 3. The molecule has 0 aromatic heterocycles. The van der Waals surface area contributed by atoms with E-state index in [2.05, 4.69) is 31.0 Å². The van der Waals surface area contributed by atoms with Crippen molar-refractivity contribution >= 4 is 0 Å². The van der Waals surface area contributed by atoms with E-state index in [0.29, 0.717) is 5.54 Å². The van der Waals surface area contributed by atoms with Crippen molar-refractivity contribution in [3.05, 3.63) is 0 Å². The van der Waals surface area contributed by atoms with Gasteiger partial charge in [0.25, 0.3) is 0 Å². The Morgan fingerprint density at radius 1 is 1.38 bits per heavy atom. The smallest absolute Gasteiger partial charge is 0.0156 e. The van der Waals surface area contributed by atoms with Gasteiger partial charge in [-0.15, -0.1) is 0 Å². The molecule has 2 aliphatic rings. The Kier molecular flexibility index (Phi) is 3.91. The van der Waals surface area contributed by atoms with Crippen LogP contribution in [0.4, 0.5) is 0 Å². The Morgan fingerprint density at radius 3 is 2.81 bits per heavy atom. The van der Waals surface area contributed by atoms with Gasteiger partial charge in [0.2, 0.25) is 0 Å². The lowest BCUT2D eigenvalue weighted by atomic mass is 9.83. The average Bonchev–Trinajstić information content (AvgIpc) is 2.65. The Morgan fingerprint density at radius 2 is 2.19 bits per heavy atom. The molecule has 0 aromatic carbocycles. The number of nitrogens with one attached hydrogen (secondary N) is 1. The molecule has 0 spiro atoms. The first-order chi connectivity index (χ1) is 7.59. The standard InChI is InChI=1S/C14H28N2/c1-12(2)16-9-4-6-13(11-16)10-14(3)7-5-8-15-14/h12-13,15H,4-11H2,1-3H3. The summed E-state index contributed by atoms with van der Waals surface area (Å²) >= 11 is 0. The normalized spacial score (nSPS) is 37.1. The molecule has 2 nitrogen and oxygen atoms in total. The summed E-state index contributed by atoms with van der Waals surface area (Å²) in [5, 5.41) is 3.71. The molecule has 94 valence electrons. The van der Waals surface area contributed by atoms with Gasteiger partial charge in [-0.3, -0.25) is 0 Å². The van der Waals surface area contributed by atoms with E-state index in [1.54, 1.807) is 0 Å². The molecule has 1 N–H and O–H groups in total. The molecule has 2 heteroatoms. The first-order valence-corrected chi connectivity index (χ1v) is 7.08. The van der Waals surface area contributed by atoms with Crippen LogP contribution in [-0.4, -0.2) is 36.1 Å². The first kappa shape index (κ1) is 12.4. The summed E-state index contributed by atoms with van der Waals surface area (Å²) in [5.74, 6) is 0.923. The van der Waals surface area contributed by atoms with Crippen molar-refractivity contribution in [2.45, 2.75) is 64.5 Å². The highest BCUT2D eigenvalue weighted by Crippen LogP contribution is 2.31. The Balaban J connectivity index is 1.85. The fourth-order valence-electron chi connectivity index (χ4n) is 3.50. The van der Waals surface area contributed by atoms with E-state index in [-0.39, 0.29) is 0 Å². The summed E-state index contributed by atoms with van der Waals surface area (Å²) in [5.41, 5.74) is 0.449. The number of hydrogen-bond acceptors (Lipinski definition) is 2. The third-order valence-corrected chi connectivity index (χ3v) is 4.48. The quantitative estimate of drug-likeness (QED) is 0.793. The van der Waals surface area contributed by atoms with Gasteiger partial charge in [-0.1, -0.05) is 0 Å². The fourth-order valence-corrected chi connectivity index (χ4v) is 3.50. The second-order valence-corrected chi connectivity index (χ2v) is 6.39. The molecular weight excluding hydrogens is 196 g/mol. The lowest BCUT2D eigenvalue weighted by molar-refractivity contribution is 0.119. The minimum Gasteiger partial charge on any atom is -0.312 e. The van der Waals surface area contributed by atoms with Crippen LogP contribution in [0.5, 0.6) is 0 Å². The SMILES string of the molecule is CC(C)N1CCCC(CC2(C)CCCN2)C1. The van der Waals surface area contributed by atoms with E-state index in [4.69, 9.17) is 0 Å². The van der Waals surface area contributed by atoms with Crippen LogP contribution in [0, 0.1) is 5.92 Å². The van der Waals surface area contributed by atoms with Gasteiger partial charge >= 0.3 is 0 Å². The Hall–Kier alpha value is -0.0800. The first-order valence-electron chi connectivity index (χ1n) is 7.08. The number of nitrogens with zero attached hydrogens (tertiary/aromatic N) is 1. The van der Waals surface area contributed by atoms with E-state index in [0.717, 1.165) is 12.0 Å². The zero-order valence-electron chi connectivity index (χ0n) is 11.3. The van der Waals surface area contributed by atoms with Crippen LogP contribution in [0.1, 0.15) is 52.9 Å². The van der Waals surface area contributed by atoms with Gasteiger partial charge < -0.3 is 10.2 Å². The average molecular weight is 224 g/mol. The Bertz CT molecular complexity index is 219. The molecule has 2 unspecified atom stereocenters. The van der Waals surface area contributed by atoms with Crippen molar-refractivity contribution in [2.75, 3.05) is 19.6 Å². The van der Waals surface area contributed by atoms with E-state index in [1.165, 1.54) is 51.7 Å². The van der Waals surface area contributed by atoms with Gasteiger partial charge in [0, 0.05) is 18.1 Å². The van der Waals surface area contributed by atoms with Crippen molar-refractivity contribution in [3.8, 4) is 0 Å². The van der Waals surface area contributed by atoms with Crippen molar-refractivity contribution in [2.24, 2.45) is 5.92 Å². The molecule has 2 saturated heterocycles. The van der Waals surface area contributed by atoms with E-state index in [1.807, 2.05) is 0 Å². The predicted molar refractivity (Wildman–Crippen MR) is 69.7 cm³/mol. The highest BCUT2D eigenvalue weighted by molar-refractivity contribution is 4.92. The molecule has 0 aromatic rings. The molecule has 0 aliphatic carbocycles. The predicted octanol–water partition coefficient (Wildman–Crippen LogP) is 2.64. The largest absolute Gasteiger partial charge is 0.312 e. The minimum absolute atomic E-state index is 0.449. The van der Waals surface area contributed by atoms with Crippen LogP contribution in [0.3, 0.4) is 0 Å². The van der Waals surface area contributed by atoms with Crippen LogP contribution >= 0.6 is 0 Å². The summed E-state index contributed by atoms with van der Waals surface area (Å²) in [6.45, 7) is 11.0. The summed E-state index contributed by atoms with van der Waals surface area (Å²) in [6.07, 6.45) is 6.98. The molecule has 2 aliphatic heterocycles. The molecule has 16 heavy (non-hydrogen) atoms. The highest BCUT2D eigenvalue weighted by atomic mass is 15.2. The molecular formula is C14H28N2. The highest BCUT2D eigenvalue weighted by Gasteiger charge is 2.32. The van der Waals surface area contributed by atoms with E-state index >= 15 is 0 Å². The number of likely N-dealkylation sites (tertiary alicyclic amines) is 1. The zero-order valence-corrected chi connectivity index (χ0v) is 11.3. The van der Waals surface area contributed by atoms with E-state index in [9.17, 15) is 0 Å². The minimum atomic E-state index is 0.449. The van der Waals surface area contributed by atoms with Crippen molar-refractivity contribution in [1.82, 2.24) is 10.2 Å². The van der Waals surface area contributed by atoms with E-state index < -0.39 is 0 Å². The van der Waals surface area contributed by atoms with Crippen LogP contribution in [0.2, 0.25) is 0 Å². The van der Waals surface area contributed by atoms with Crippen molar-refractivity contribution in [1.29, 1.82) is 0 Å². The van der Waals surface area contributed by atoms with Gasteiger partial charge in [-0.05, 0) is 71.9 Å². The third-order valence-electron chi connectivity index (χ3n) is 4.48. The summed E-state index contributed by atoms with van der Waals surface area (Å²) in [6, 6.07) is 0.729. The summed E-state index contributed by atoms with van der Waals surface area (Å²) in [4.78, 5) is 2.66. The van der Waals surface area contributed by atoms with Gasteiger partial charge in [0.15, 0.2) is 0 Å². The van der Waals surface area contributed by atoms with Crippen molar-refractivity contribution < 1.29 is 0 Å². The summed E-state index contributed by atoms with van der Waals surface area (Å²) in [7, 11) is 0. The van der Waals surface area contributed by atoms with Gasteiger partial charge in [-0.2, -0.15) is 0 Å². The molecule has 2 fully saturated rings. The maximum Gasteiger partial charge on any atom is 0.0156 e. The third kappa shape index (κ3) is 2.98. The molecule has 0 radical (unpaired) electrons. The maximum absolute atomic E-state index is 3.71. The van der Waals surface area contributed by atoms with Gasteiger partial charge in [0.1, 0.15) is 0 Å². The maximum atomic E-state index is 3.71. The molecule has 2 atom stereocenters. The van der Waals surface area contributed by atoms with Crippen LogP contribution in [-0.2, 0) is 0 Å². The topological polar surface area (TPSA) is 15.3 Å². The Labute approximate surface area is 101 Å². The monoisotopic (exact) mass is 224 g/mol. The number of hydrogen-bond donors (Lipinski definition) is 1. The van der Waals surface area contributed by atoms with Crippen LogP contribution in [0.15, 0.2) is 0 Å². The molecule has 0 saturated carbocycles. The molecule has 0 bridgehead atoms.